The zero-order valence-electron chi connectivity index (χ0n) is 12.3. The lowest BCUT2D eigenvalue weighted by molar-refractivity contribution is -0.115. The monoisotopic (exact) mass is 287 g/mol. The van der Waals surface area contributed by atoms with Gasteiger partial charge in [-0.3, -0.25) is 9.59 Å². The van der Waals surface area contributed by atoms with Crippen LogP contribution in [0, 0.1) is 0 Å². The molecular formula is C16H21N3O2. The fraction of sp³-hybridized carbons (Fsp3) is 0.500. The van der Waals surface area contributed by atoms with E-state index in [-0.39, 0.29) is 17.9 Å². The van der Waals surface area contributed by atoms with E-state index in [9.17, 15) is 9.59 Å². The standard InChI is InChI=1S/C16H21N3O2/c1-2-19-7-5-13(6-8-19)17-16(21)12-4-3-11-10-15(20)18-14(11)9-12/h3-4,9,13H,2,5-8,10H2,1H3,(H,17,21)(H,18,20). The number of amides is 2. The summed E-state index contributed by atoms with van der Waals surface area (Å²) in [7, 11) is 0. The molecule has 112 valence electrons. The van der Waals surface area contributed by atoms with Crippen LogP contribution in [0.15, 0.2) is 18.2 Å². The minimum atomic E-state index is -0.0473. The summed E-state index contributed by atoms with van der Waals surface area (Å²) in [6.07, 6.45) is 2.41. The van der Waals surface area contributed by atoms with Gasteiger partial charge < -0.3 is 15.5 Å². The third kappa shape index (κ3) is 3.08. The first-order valence-corrected chi connectivity index (χ1v) is 7.61. The van der Waals surface area contributed by atoms with E-state index in [0.717, 1.165) is 43.7 Å². The van der Waals surface area contributed by atoms with Crippen molar-refractivity contribution in [1.29, 1.82) is 0 Å². The fourth-order valence-corrected chi connectivity index (χ4v) is 3.02. The Morgan fingerprint density at radius 2 is 2.14 bits per heavy atom. The van der Waals surface area contributed by atoms with Crippen molar-refractivity contribution in [2.75, 3.05) is 25.0 Å². The number of hydrogen-bond donors (Lipinski definition) is 2. The Morgan fingerprint density at radius 3 is 2.86 bits per heavy atom. The van der Waals surface area contributed by atoms with Crippen molar-refractivity contribution < 1.29 is 9.59 Å². The summed E-state index contributed by atoms with van der Waals surface area (Å²) in [5.41, 5.74) is 2.36. The van der Waals surface area contributed by atoms with Gasteiger partial charge in [-0.25, -0.2) is 0 Å². The molecule has 2 aliphatic rings. The van der Waals surface area contributed by atoms with E-state index in [0.29, 0.717) is 12.0 Å². The van der Waals surface area contributed by atoms with Gasteiger partial charge in [0.25, 0.3) is 5.91 Å². The molecule has 0 saturated carbocycles. The predicted octanol–water partition coefficient (Wildman–Crippen LogP) is 1.40. The van der Waals surface area contributed by atoms with Crippen molar-refractivity contribution in [3.05, 3.63) is 29.3 Å². The van der Waals surface area contributed by atoms with Crippen LogP contribution >= 0.6 is 0 Å². The van der Waals surface area contributed by atoms with Crippen LogP contribution in [0.25, 0.3) is 0 Å². The molecule has 0 spiro atoms. The van der Waals surface area contributed by atoms with Crippen LogP contribution in [0.5, 0.6) is 0 Å². The molecule has 5 nitrogen and oxygen atoms in total. The molecule has 0 radical (unpaired) electrons. The Kier molecular flexibility index (Phi) is 3.92. The molecule has 0 unspecified atom stereocenters. The van der Waals surface area contributed by atoms with E-state index >= 15 is 0 Å². The summed E-state index contributed by atoms with van der Waals surface area (Å²) in [5, 5.41) is 5.89. The molecule has 1 fully saturated rings. The van der Waals surface area contributed by atoms with Gasteiger partial charge in [-0.1, -0.05) is 13.0 Å². The summed E-state index contributed by atoms with van der Waals surface area (Å²) < 4.78 is 0. The van der Waals surface area contributed by atoms with Gasteiger partial charge in [0.05, 0.1) is 6.42 Å². The third-order valence-corrected chi connectivity index (χ3v) is 4.37. The number of nitrogens with zero attached hydrogens (tertiary/aromatic N) is 1. The highest BCUT2D eigenvalue weighted by Gasteiger charge is 2.22. The fourth-order valence-electron chi connectivity index (χ4n) is 3.02. The maximum atomic E-state index is 12.3. The Hall–Kier alpha value is -1.88. The molecular weight excluding hydrogens is 266 g/mol. The van der Waals surface area contributed by atoms with E-state index in [1.54, 1.807) is 12.1 Å². The smallest absolute Gasteiger partial charge is 0.251 e. The molecule has 21 heavy (non-hydrogen) atoms. The maximum Gasteiger partial charge on any atom is 0.251 e. The number of hydrogen-bond acceptors (Lipinski definition) is 3. The van der Waals surface area contributed by atoms with E-state index in [1.807, 2.05) is 6.07 Å². The topological polar surface area (TPSA) is 61.4 Å². The molecule has 2 N–H and O–H groups in total. The number of nitrogens with one attached hydrogen (secondary N) is 2. The number of benzene rings is 1. The number of anilines is 1. The third-order valence-electron chi connectivity index (χ3n) is 4.37. The van der Waals surface area contributed by atoms with Gasteiger partial charge in [0.2, 0.25) is 5.91 Å². The van der Waals surface area contributed by atoms with Gasteiger partial charge in [-0.2, -0.15) is 0 Å². The van der Waals surface area contributed by atoms with Crippen molar-refractivity contribution in [2.24, 2.45) is 0 Å². The van der Waals surface area contributed by atoms with Crippen LogP contribution in [0.1, 0.15) is 35.7 Å². The molecule has 0 bridgehead atoms. The van der Waals surface area contributed by atoms with Crippen LogP contribution in [0.2, 0.25) is 0 Å². The number of carbonyl (C=O) groups excluding carboxylic acids is 2. The minimum absolute atomic E-state index is 0.00510. The summed E-state index contributed by atoms with van der Waals surface area (Å²) in [6, 6.07) is 5.69. The Labute approximate surface area is 124 Å². The highest BCUT2D eigenvalue weighted by Crippen LogP contribution is 2.24. The van der Waals surface area contributed by atoms with E-state index in [1.165, 1.54) is 0 Å². The number of fused-ring (bicyclic) bond motifs is 1. The number of carbonyl (C=O) groups is 2. The average molecular weight is 287 g/mol. The van der Waals surface area contributed by atoms with Gasteiger partial charge in [0.15, 0.2) is 0 Å². The van der Waals surface area contributed by atoms with E-state index in [4.69, 9.17) is 0 Å². The van der Waals surface area contributed by atoms with Gasteiger partial charge in [0.1, 0.15) is 0 Å². The lowest BCUT2D eigenvalue weighted by atomic mass is 10.0. The normalized spacial score (nSPS) is 19.2. The summed E-state index contributed by atoms with van der Waals surface area (Å²) in [6.45, 7) is 5.33. The molecule has 0 aliphatic carbocycles. The lowest BCUT2D eigenvalue weighted by Crippen LogP contribution is -2.44. The van der Waals surface area contributed by atoms with Crippen LogP contribution in [-0.4, -0.2) is 42.4 Å². The van der Waals surface area contributed by atoms with E-state index < -0.39 is 0 Å². The highest BCUT2D eigenvalue weighted by atomic mass is 16.2. The molecule has 1 saturated heterocycles. The quantitative estimate of drug-likeness (QED) is 0.883. The number of piperidine rings is 1. The molecule has 0 atom stereocenters. The molecule has 0 aromatic heterocycles. The molecule has 2 amide bonds. The zero-order chi connectivity index (χ0) is 14.8. The first kappa shape index (κ1) is 14.1. The van der Waals surface area contributed by atoms with Gasteiger partial charge in [0, 0.05) is 30.4 Å². The van der Waals surface area contributed by atoms with Crippen molar-refractivity contribution >= 4 is 17.5 Å². The second kappa shape index (κ2) is 5.85. The maximum absolute atomic E-state index is 12.3. The molecule has 1 aromatic carbocycles. The van der Waals surface area contributed by atoms with Crippen LogP contribution < -0.4 is 10.6 Å². The molecule has 3 rings (SSSR count). The SMILES string of the molecule is CCN1CCC(NC(=O)c2ccc3c(c2)NC(=O)C3)CC1. The second-order valence-corrected chi connectivity index (χ2v) is 5.78. The minimum Gasteiger partial charge on any atom is -0.349 e. The Morgan fingerprint density at radius 1 is 1.38 bits per heavy atom. The molecule has 2 heterocycles. The second-order valence-electron chi connectivity index (χ2n) is 5.78. The average Bonchev–Trinajstić information content (AvgIpc) is 2.87. The lowest BCUT2D eigenvalue weighted by Gasteiger charge is -2.31. The summed E-state index contributed by atoms with van der Waals surface area (Å²) in [5.74, 6) is -0.0524. The van der Waals surface area contributed by atoms with Crippen LogP contribution in [-0.2, 0) is 11.2 Å². The Balaban J connectivity index is 1.61. The van der Waals surface area contributed by atoms with Crippen molar-refractivity contribution in [1.82, 2.24) is 10.2 Å². The highest BCUT2D eigenvalue weighted by molar-refractivity contribution is 6.02. The first-order chi connectivity index (χ1) is 10.2. The van der Waals surface area contributed by atoms with Crippen molar-refractivity contribution in [2.45, 2.75) is 32.2 Å². The van der Waals surface area contributed by atoms with Gasteiger partial charge in [-0.15, -0.1) is 0 Å². The van der Waals surface area contributed by atoms with Gasteiger partial charge >= 0.3 is 0 Å². The number of rotatable bonds is 3. The van der Waals surface area contributed by atoms with Crippen LogP contribution in [0.3, 0.4) is 0 Å². The first-order valence-electron chi connectivity index (χ1n) is 7.61. The summed E-state index contributed by atoms with van der Waals surface area (Å²) >= 11 is 0. The predicted molar refractivity (Wildman–Crippen MR) is 81.4 cm³/mol. The van der Waals surface area contributed by atoms with Crippen molar-refractivity contribution in [3.8, 4) is 0 Å². The zero-order valence-corrected chi connectivity index (χ0v) is 12.3. The Bertz CT molecular complexity index is 563. The van der Waals surface area contributed by atoms with Gasteiger partial charge in [-0.05, 0) is 37.1 Å². The largest absolute Gasteiger partial charge is 0.349 e. The van der Waals surface area contributed by atoms with E-state index in [2.05, 4.69) is 22.5 Å². The number of likely N-dealkylation sites (tertiary alicyclic amines) is 1. The van der Waals surface area contributed by atoms with Crippen molar-refractivity contribution in [3.63, 3.8) is 0 Å². The summed E-state index contributed by atoms with van der Waals surface area (Å²) in [4.78, 5) is 26.0. The van der Waals surface area contributed by atoms with Crippen LogP contribution in [0.4, 0.5) is 5.69 Å². The molecule has 2 aliphatic heterocycles. The molecule has 1 aromatic rings. The molecule has 5 heteroatoms.